The third kappa shape index (κ3) is 5.28. The van der Waals surface area contributed by atoms with E-state index in [1.807, 2.05) is 13.8 Å². The van der Waals surface area contributed by atoms with Gasteiger partial charge in [-0.1, -0.05) is 25.4 Å². The number of nitrogens with one attached hydrogen (secondary N) is 2. The van der Waals surface area contributed by atoms with E-state index in [1.165, 1.54) is 18.2 Å². The first-order chi connectivity index (χ1) is 8.90. The Morgan fingerprint density at radius 2 is 2.05 bits per heavy atom. The van der Waals surface area contributed by atoms with Crippen molar-refractivity contribution in [1.82, 2.24) is 5.32 Å². The van der Waals surface area contributed by atoms with Gasteiger partial charge in [-0.3, -0.25) is 4.79 Å². The fourth-order valence-electron chi connectivity index (χ4n) is 1.42. The molecule has 0 aliphatic heterocycles. The molecule has 0 aliphatic carbocycles. The van der Waals surface area contributed by atoms with Crippen molar-refractivity contribution in [2.24, 2.45) is 5.92 Å². The van der Waals surface area contributed by atoms with Crippen LogP contribution in [0.3, 0.4) is 0 Å². The molecule has 5 nitrogen and oxygen atoms in total. The molecule has 0 unspecified atom stereocenters. The smallest absolute Gasteiger partial charge is 0.335 e. The zero-order chi connectivity index (χ0) is 14.4. The molecule has 3 N–H and O–H groups in total. The number of hydrogen-bond donors (Lipinski definition) is 3. The molecule has 0 bridgehead atoms. The van der Waals surface area contributed by atoms with Crippen molar-refractivity contribution < 1.29 is 14.7 Å². The maximum Gasteiger partial charge on any atom is 0.335 e. The van der Waals surface area contributed by atoms with E-state index >= 15 is 0 Å². The maximum atomic E-state index is 11.6. The lowest BCUT2D eigenvalue weighted by molar-refractivity contribution is -0.115. The van der Waals surface area contributed by atoms with Gasteiger partial charge in [0, 0.05) is 0 Å². The molecular formula is C13H17ClN2O3. The average Bonchev–Trinajstić information content (AvgIpc) is 2.31. The van der Waals surface area contributed by atoms with Crippen LogP contribution in [0.2, 0.25) is 5.02 Å². The Kier molecular flexibility index (Phi) is 5.79. The van der Waals surface area contributed by atoms with E-state index in [-0.39, 0.29) is 18.0 Å². The Balaban J connectivity index is 2.63. The summed E-state index contributed by atoms with van der Waals surface area (Å²) in [5.74, 6) is -0.873. The van der Waals surface area contributed by atoms with Crippen LogP contribution in [-0.2, 0) is 4.79 Å². The van der Waals surface area contributed by atoms with Gasteiger partial charge < -0.3 is 15.7 Å². The average molecular weight is 285 g/mol. The first-order valence-corrected chi connectivity index (χ1v) is 6.31. The highest BCUT2D eigenvalue weighted by Crippen LogP contribution is 2.22. The summed E-state index contributed by atoms with van der Waals surface area (Å²) in [6.45, 7) is 4.97. The Bertz CT molecular complexity index is 475. The normalized spacial score (nSPS) is 10.5. The molecule has 1 amide bonds. The third-order valence-corrected chi connectivity index (χ3v) is 2.66. The van der Waals surface area contributed by atoms with Crippen LogP contribution < -0.4 is 10.6 Å². The minimum absolute atomic E-state index is 0.0786. The lowest BCUT2D eigenvalue weighted by Gasteiger charge is -2.10. The van der Waals surface area contributed by atoms with Gasteiger partial charge in [-0.05, 0) is 30.7 Å². The minimum Gasteiger partial charge on any atom is -0.478 e. The van der Waals surface area contributed by atoms with Crippen LogP contribution in [0.5, 0.6) is 0 Å². The number of hydrogen-bond acceptors (Lipinski definition) is 3. The van der Waals surface area contributed by atoms with Gasteiger partial charge in [-0.25, -0.2) is 4.79 Å². The number of rotatable bonds is 6. The van der Waals surface area contributed by atoms with Crippen LogP contribution in [-0.4, -0.2) is 30.1 Å². The van der Waals surface area contributed by atoms with Crippen LogP contribution in [0.1, 0.15) is 24.2 Å². The van der Waals surface area contributed by atoms with Gasteiger partial charge in [0.1, 0.15) is 0 Å². The second-order valence-electron chi connectivity index (χ2n) is 4.57. The Hall–Kier alpha value is -1.59. The molecule has 0 saturated carbocycles. The number of anilines is 1. The van der Waals surface area contributed by atoms with Gasteiger partial charge in [-0.2, -0.15) is 0 Å². The van der Waals surface area contributed by atoms with E-state index in [1.54, 1.807) is 0 Å². The molecule has 0 spiro atoms. The fourth-order valence-corrected chi connectivity index (χ4v) is 1.59. The molecule has 0 radical (unpaired) electrons. The number of aromatic carboxylic acids is 1. The first-order valence-electron chi connectivity index (χ1n) is 5.93. The quantitative estimate of drug-likeness (QED) is 0.748. The van der Waals surface area contributed by atoms with Crippen molar-refractivity contribution in [3.8, 4) is 0 Å². The summed E-state index contributed by atoms with van der Waals surface area (Å²) in [6, 6.07) is 4.17. The molecule has 1 aromatic rings. The number of carbonyl (C=O) groups excluding carboxylic acids is 1. The predicted octanol–water partition coefficient (Wildman–Crippen LogP) is 2.22. The summed E-state index contributed by atoms with van der Waals surface area (Å²) in [6.07, 6.45) is 0. The lowest BCUT2D eigenvalue weighted by Crippen LogP contribution is -2.30. The molecule has 0 aromatic heterocycles. The number of benzene rings is 1. The number of carboxylic acids is 1. The Labute approximate surface area is 117 Å². The molecule has 0 saturated heterocycles. The van der Waals surface area contributed by atoms with Gasteiger partial charge in [0.05, 0.1) is 22.8 Å². The molecule has 0 atom stereocenters. The Morgan fingerprint density at radius 3 is 2.63 bits per heavy atom. The number of carboxylic acid groups (broad SMARTS) is 1. The number of carbonyl (C=O) groups is 2. The topological polar surface area (TPSA) is 78.4 Å². The molecule has 1 rings (SSSR count). The summed E-state index contributed by atoms with van der Waals surface area (Å²) in [5, 5.41) is 14.7. The Morgan fingerprint density at radius 1 is 1.37 bits per heavy atom. The summed E-state index contributed by atoms with van der Waals surface area (Å²) in [5.41, 5.74) is 0.382. The van der Waals surface area contributed by atoms with Crippen LogP contribution in [0.4, 0.5) is 5.69 Å². The lowest BCUT2D eigenvalue weighted by atomic mass is 10.2. The first kappa shape index (κ1) is 15.5. The van der Waals surface area contributed by atoms with Crippen LogP contribution >= 0.6 is 11.6 Å². The van der Waals surface area contributed by atoms with E-state index in [0.29, 0.717) is 16.6 Å². The van der Waals surface area contributed by atoms with Crippen molar-refractivity contribution in [3.63, 3.8) is 0 Å². The third-order valence-electron chi connectivity index (χ3n) is 2.33. The van der Waals surface area contributed by atoms with Crippen LogP contribution in [0.25, 0.3) is 0 Å². The molecule has 1 aromatic carbocycles. The minimum atomic E-state index is -1.06. The van der Waals surface area contributed by atoms with E-state index in [9.17, 15) is 9.59 Å². The molecule has 0 aliphatic rings. The van der Waals surface area contributed by atoms with Crippen molar-refractivity contribution >= 4 is 29.2 Å². The van der Waals surface area contributed by atoms with Gasteiger partial charge in [0.15, 0.2) is 0 Å². The van der Waals surface area contributed by atoms with Crippen molar-refractivity contribution in [1.29, 1.82) is 0 Å². The van der Waals surface area contributed by atoms with E-state index in [2.05, 4.69) is 10.6 Å². The maximum absolute atomic E-state index is 11.6. The molecule has 6 heteroatoms. The SMILES string of the molecule is CC(C)CNCC(=O)Nc1cc(C(=O)O)ccc1Cl. The highest BCUT2D eigenvalue weighted by molar-refractivity contribution is 6.33. The van der Waals surface area contributed by atoms with E-state index in [0.717, 1.165) is 6.54 Å². The standard InChI is InChI=1S/C13H17ClN2O3/c1-8(2)6-15-7-12(17)16-11-5-9(13(18)19)3-4-10(11)14/h3-5,8,15H,6-7H2,1-2H3,(H,16,17)(H,18,19). The summed E-state index contributed by atoms with van der Waals surface area (Å²) >= 11 is 5.90. The molecule has 19 heavy (non-hydrogen) atoms. The predicted molar refractivity (Wildman–Crippen MR) is 74.7 cm³/mol. The highest BCUT2D eigenvalue weighted by Gasteiger charge is 2.10. The molecule has 104 valence electrons. The summed E-state index contributed by atoms with van der Waals surface area (Å²) in [4.78, 5) is 22.5. The van der Waals surface area contributed by atoms with Gasteiger partial charge in [0.2, 0.25) is 5.91 Å². The fraction of sp³-hybridized carbons (Fsp3) is 0.385. The highest BCUT2D eigenvalue weighted by atomic mass is 35.5. The monoisotopic (exact) mass is 284 g/mol. The second-order valence-corrected chi connectivity index (χ2v) is 4.98. The van der Waals surface area contributed by atoms with Crippen LogP contribution in [0, 0.1) is 5.92 Å². The summed E-state index contributed by atoms with van der Waals surface area (Å²) in [7, 11) is 0. The zero-order valence-electron chi connectivity index (χ0n) is 10.9. The van der Waals surface area contributed by atoms with Crippen molar-refractivity contribution in [2.75, 3.05) is 18.4 Å². The largest absolute Gasteiger partial charge is 0.478 e. The summed E-state index contributed by atoms with van der Waals surface area (Å²) < 4.78 is 0. The van der Waals surface area contributed by atoms with E-state index in [4.69, 9.17) is 16.7 Å². The van der Waals surface area contributed by atoms with Crippen LogP contribution in [0.15, 0.2) is 18.2 Å². The molecule has 0 fully saturated rings. The van der Waals surface area contributed by atoms with Gasteiger partial charge in [-0.15, -0.1) is 0 Å². The molecule has 0 heterocycles. The second kappa shape index (κ2) is 7.11. The van der Waals surface area contributed by atoms with Crippen molar-refractivity contribution in [2.45, 2.75) is 13.8 Å². The van der Waals surface area contributed by atoms with Crippen molar-refractivity contribution in [3.05, 3.63) is 28.8 Å². The molecular weight excluding hydrogens is 268 g/mol. The van der Waals surface area contributed by atoms with Gasteiger partial charge >= 0.3 is 5.97 Å². The van der Waals surface area contributed by atoms with E-state index < -0.39 is 5.97 Å². The number of amides is 1. The zero-order valence-corrected chi connectivity index (χ0v) is 11.6. The number of halogens is 1. The van der Waals surface area contributed by atoms with Gasteiger partial charge in [0.25, 0.3) is 0 Å².